The van der Waals surface area contributed by atoms with Crippen LogP contribution in [-0.2, 0) is 11.2 Å². The van der Waals surface area contributed by atoms with Gasteiger partial charge in [0.1, 0.15) is 0 Å². The molecule has 140 valence electrons. The molecule has 4 nitrogen and oxygen atoms in total. The van der Waals surface area contributed by atoms with Crippen molar-refractivity contribution in [1.29, 1.82) is 5.26 Å². The standard InChI is InChI=1S/C24H22N2O2/c1-26(2)23(28)17-8-10-24(11-9-17)14-20-7-6-19(13-21(20)22(24)27)18-5-3-4-16(12-18)15-25/h3-8,12-13H,9-11,14H2,1-2H3. The summed E-state index contributed by atoms with van der Waals surface area (Å²) >= 11 is 0. The molecule has 2 aromatic carbocycles. The van der Waals surface area contributed by atoms with Crippen molar-refractivity contribution < 1.29 is 9.59 Å². The number of allylic oxidation sites excluding steroid dienone is 1. The number of nitrogens with zero attached hydrogens (tertiary/aromatic N) is 2. The summed E-state index contributed by atoms with van der Waals surface area (Å²) in [7, 11) is 3.51. The lowest BCUT2D eigenvalue weighted by Gasteiger charge is -2.31. The second-order valence-electron chi connectivity index (χ2n) is 7.98. The molecule has 2 aromatic rings. The van der Waals surface area contributed by atoms with Crippen LogP contribution in [0.15, 0.2) is 54.1 Å². The van der Waals surface area contributed by atoms with E-state index in [4.69, 9.17) is 5.26 Å². The molecule has 0 fully saturated rings. The van der Waals surface area contributed by atoms with Crippen LogP contribution in [-0.4, -0.2) is 30.7 Å². The average Bonchev–Trinajstić information content (AvgIpc) is 2.99. The fraction of sp³-hybridized carbons (Fsp3) is 0.292. The predicted molar refractivity (Wildman–Crippen MR) is 108 cm³/mol. The highest BCUT2D eigenvalue weighted by Crippen LogP contribution is 2.47. The van der Waals surface area contributed by atoms with E-state index in [9.17, 15) is 9.59 Å². The quantitative estimate of drug-likeness (QED) is 0.798. The molecule has 0 heterocycles. The van der Waals surface area contributed by atoms with Gasteiger partial charge >= 0.3 is 0 Å². The first-order chi connectivity index (χ1) is 13.4. The molecule has 0 radical (unpaired) electrons. The van der Waals surface area contributed by atoms with Crippen LogP contribution in [0.25, 0.3) is 11.1 Å². The summed E-state index contributed by atoms with van der Waals surface area (Å²) in [5.74, 6) is 0.228. The number of amides is 1. The smallest absolute Gasteiger partial charge is 0.248 e. The number of hydrogen-bond acceptors (Lipinski definition) is 3. The van der Waals surface area contributed by atoms with Crippen LogP contribution in [0.3, 0.4) is 0 Å². The third-order valence-electron chi connectivity index (χ3n) is 5.98. The Labute approximate surface area is 165 Å². The normalized spacial score (nSPS) is 20.5. The van der Waals surface area contributed by atoms with Gasteiger partial charge in [0.25, 0.3) is 0 Å². The maximum Gasteiger partial charge on any atom is 0.248 e. The Morgan fingerprint density at radius 3 is 2.61 bits per heavy atom. The van der Waals surface area contributed by atoms with E-state index in [1.54, 1.807) is 25.1 Å². The predicted octanol–water partition coefficient (Wildman–Crippen LogP) is 4.15. The van der Waals surface area contributed by atoms with Gasteiger partial charge in [0.15, 0.2) is 5.78 Å². The average molecular weight is 370 g/mol. The van der Waals surface area contributed by atoms with Gasteiger partial charge in [0.05, 0.1) is 11.6 Å². The molecule has 2 aliphatic carbocycles. The van der Waals surface area contributed by atoms with E-state index < -0.39 is 5.41 Å². The first-order valence-corrected chi connectivity index (χ1v) is 9.52. The summed E-state index contributed by atoms with van der Waals surface area (Å²) < 4.78 is 0. The molecular weight excluding hydrogens is 348 g/mol. The van der Waals surface area contributed by atoms with Gasteiger partial charge in [-0.1, -0.05) is 30.3 Å². The van der Waals surface area contributed by atoms with Gasteiger partial charge in [-0.2, -0.15) is 5.26 Å². The molecule has 0 saturated carbocycles. The fourth-order valence-electron chi connectivity index (χ4n) is 4.37. The number of carbonyl (C=O) groups is 2. The van der Waals surface area contributed by atoms with Crippen LogP contribution in [0.4, 0.5) is 0 Å². The van der Waals surface area contributed by atoms with Crippen LogP contribution in [0, 0.1) is 16.7 Å². The number of likely N-dealkylation sites (N-methyl/N-ethyl adjacent to an activating group) is 1. The largest absolute Gasteiger partial charge is 0.345 e. The third-order valence-corrected chi connectivity index (χ3v) is 5.98. The SMILES string of the molecule is CN(C)C(=O)C1=CCC2(CC1)Cc1ccc(-c3cccc(C#N)c3)cc1C2=O. The van der Waals surface area contributed by atoms with Gasteiger partial charge in [-0.25, -0.2) is 0 Å². The number of benzene rings is 2. The topological polar surface area (TPSA) is 61.2 Å². The number of ketones is 1. The van der Waals surface area contributed by atoms with Crippen molar-refractivity contribution in [3.8, 4) is 17.2 Å². The zero-order valence-corrected chi connectivity index (χ0v) is 16.2. The molecule has 4 heteroatoms. The fourth-order valence-corrected chi connectivity index (χ4v) is 4.37. The monoisotopic (exact) mass is 370 g/mol. The van der Waals surface area contributed by atoms with E-state index in [0.717, 1.165) is 34.2 Å². The number of nitriles is 1. The number of Topliss-reactive ketones (excluding diaryl/α,β-unsaturated/α-hetero) is 1. The summed E-state index contributed by atoms with van der Waals surface area (Å²) in [4.78, 5) is 27.1. The Bertz CT molecular complexity index is 1060. The number of hydrogen-bond donors (Lipinski definition) is 0. The van der Waals surface area contributed by atoms with Crippen molar-refractivity contribution in [1.82, 2.24) is 4.90 Å². The Balaban J connectivity index is 1.63. The Kier molecular flexibility index (Phi) is 4.39. The molecule has 28 heavy (non-hydrogen) atoms. The highest BCUT2D eigenvalue weighted by atomic mass is 16.2. The van der Waals surface area contributed by atoms with E-state index in [-0.39, 0.29) is 11.7 Å². The van der Waals surface area contributed by atoms with Crippen LogP contribution in [0.5, 0.6) is 0 Å². The third kappa shape index (κ3) is 2.93. The van der Waals surface area contributed by atoms with Gasteiger partial charge in [-0.3, -0.25) is 9.59 Å². The molecule has 2 aliphatic rings. The minimum absolute atomic E-state index is 0.0393. The molecule has 1 amide bonds. The highest BCUT2D eigenvalue weighted by Gasteiger charge is 2.46. The van der Waals surface area contributed by atoms with Crippen molar-refractivity contribution in [3.05, 3.63) is 70.8 Å². The van der Waals surface area contributed by atoms with Crippen LogP contribution < -0.4 is 0 Å². The summed E-state index contributed by atoms with van der Waals surface area (Å²) in [5, 5.41) is 9.13. The lowest BCUT2D eigenvalue weighted by molar-refractivity contribution is -0.125. The molecular formula is C24H22N2O2. The summed E-state index contributed by atoms with van der Waals surface area (Å²) in [6.07, 6.45) is 4.68. The molecule has 0 saturated heterocycles. The lowest BCUT2D eigenvalue weighted by atomic mass is 9.72. The van der Waals surface area contributed by atoms with Crippen molar-refractivity contribution in [2.24, 2.45) is 5.41 Å². The van der Waals surface area contributed by atoms with Gasteiger partial charge in [0.2, 0.25) is 5.91 Å². The second kappa shape index (κ2) is 6.76. The molecule has 1 spiro atoms. The van der Waals surface area contributed by atoms with E-state index >= 15 is 0 Å². The summed E-state index contributed by atoms with van der Waals surface area (Å²) in [6.45, 7) is 0. The first-order valence-electron chi connectivity index (χ1n) is 9.52. The van der Waals surface area contributed by atoms with Crippen molar-refractivity contribution >= 4 is 11.7 Å². The van der Waals surface area contributed by atoms with Gasteiger partial charge in [-0.15, -0.1) is 0 Å². The lowest BCUT2D eigenvalue weighted by Crippen LogP contribution is -2.33. The molecule has 4 rings (SSSR count). The van der Waals surface area contributed by atoms with Gasteiger partial charge in [-0.05, 0) is 60.6 Å². The first kappa shape index (κ1) is 18.2. The maximum atomic E-state index is 13.3. The molecule has 0 aromatic heterocycles. The van der Waals surface area contributed by atoms with Crippen LogP contribution >= 0.6 is 0 Å². The molecule has 0 bridgehead atoms. The Morgan fingerprint density at radius 1 is 1.14 bits per heavy atom. The summed E-state index contributed by atoms with van der Waals surface area (Å²) in [5.41, 5.74) is 4.78. The zero-order valence-electron chi connectivity index (χ0n) is 16.2. The van der Waals surface area contributed by atoms with E-state index in [1.165, 1.54) is 0 Å². The van der Waals surface area contributed by atoms with E-state index in [0.29, 0.717) is 24.8 Å². The minimum atomic E-state index is -0.411. The number of rotatable bonds is 2. The summed E-state index contributed by atoms with van der Waals surface area (Å²) in [6, 6.07) is 15.6. The van der Waals surface area contributed by atoms with Gasteiger partial charge in [0, 0.05) is 30.6 Å². The Hall–Kier alpha value is -3.19. The second-order valence-corrected chi connectivity index (χ2v) is 7.98. The molecule has 0 aliphatic heterocycles. The van der Waals surface area contributed by atoms with Crippen molar-refractivity contribution in [3.63, 3.8) is 0 Å². The molecule has 0 N–H and O–H groups in total. The highest BCUT2D eigenvalue weighted by molar-refractivity contribution is 6.06. The van der Waals surface area contributed by atoms with E-state index in [1.807, 2.05) is 42.5 Å². The molecule has 1 unspecified atom stereocenters. The van der Waals surface area contributed by atoms with Crippen LogP contribution in [0.1, 0.15) is 40.7 Å². The van der Waals surface area contributed by atoms with Crippen molar-refractivity contribution in [2.45, 2.75) is 25.7 Å². The van der Waals surface area contributed by atoms with Gasteiger partial charge < -0.3 is 4.90 Å². The minimum Gasteiger partial charge on any atom is -0.345 e. The van der Waals surface area contributed by atoms with Crippen LogP contribution in [0.2, 0.25) is 0 Å². The zero-order chi connectivity index (χ0) is 19.9. The van der Waals surface area contributed by atoms with Crippen molar-refractivity contribution in [2.75, 3.05) is 14.1 Å². The van der Waals surface area contributed by atoms with E-state index in [2.05, 4.69) is 6.07 Å². The maximum absolute atomic E-state index is 13.3. The number of carbonyl (C=O) groups excluding carboxylic acids is 2. The molecule has 1 atom stereocenters. The number of fused-ring (bicyclic) bond motifs is 1. The Morgan fingerprint density at radius 2 is 1.93 bits per heavy atom.